The molecule has 1 aromatic rings. The second-order valence-electron chi connectivity index (χ2n) is 5.13. The average molecular weight is 247 g/mol. The lowest BCUT2D eigenvalue weighted by Crippen LogP contribution is -2.37. The molecule has 0 bridgehead atoms. The van der Waals surface area contributed by atoms with Gasteiger partial charge in [0.2, 0.25) is 0 Å². The SMILES string of the molecule is CCC(O)CB1OC(c2ccccc2)C(C)N1C. The first-order chi connectivity index (χ1) is 8.63. The van der Waals surface area contributed by atoms with Crippen LogP contribution in [0.15, 0.2) is 30.3 Å². The summed E-state index contributed by atoms with van der Waals surface area (Å²) in [4.78, 5) is 2.22. The van der Waals surface area contributed by atoms with E-state index < -0.39 is 0 Å². The molecule has 1 aliphatic heterocycles. The molecule has 0 saturated carbocycles. The van der Waals surface area contributed by atoms with E-state index in [1.807, 2.05) is 25.1 Å². The van der Waals surface area contributed by atoms with Crippen LogP contribution in [0.25, 0.3) is 0 Å². The van der Waals surface area contributed by atoms with E-state index in [1.165, 1.54) is 5.56 Å². The molecule has 0 radical (unpaired) electrons. The largest absolute Gasteiger partial charge is 0.413 e. The van der Waals surface area contributed by atoms with Gasteiger partial charge in [-0.15, -0.1) is 0 Å². The van der Waals surface area contributed by atoms with Gasteiger partial charge in [-0.1, -0.05) is 37.3 Å². The first-order valence-corrected chi connectivity index (χ1v) is 6.74. The highest BCUT2D eigenvalue weighted by Crippen LogP contribution is 2.33. The van der Waals surface area contributed by atoms with Crippen LogP contribution in [0.5, 0.6) is 0 Å². The lowest BCUT2D eigenvalue weighted by atomic mass is 9.74. The highest BCUT2D eigenvalue weighted by Gasteiger charge is 2.41. The van der Waals surface area contributed by atoms with Gasteiger partial charge in [-0.3, -0.25) is 0 Å². The van der Waals surface area contributed by atoms with Gasteiger partial charge >= 0.3 is 7.05 Å². The Morgan fingerprint density at radius 3 is 2.67 bits per heavy atom. The molecule has 3 nitrogen and oxygen atoms in total. The summed E-state index contributed by atoms with van der Waals surface area (Å²) in [6, 6.07) is 10.6. The Labute approximate surface area is 110 Å². The smallest absolute Gasteiger partial charge is 0.385 e. The number of hydrogen-bond acceptors (Lipinski definition) is 3. The normalized spacial score (nSPS) is 26.6. The number of hydrogen-bond donors (Lipinski definition) is 1. The van der Waals surface area contributed by atoms with E-state index in [4.69, 9.17) is 4.65 Å². The molecular formula is C14H22BNO2. The van der Waals surface area contributed by atoms with Crippen molar-refractivity contribution in [3.8, 4) is 0 Å². The Morgan fingerprint density at radius 1 is 1.39 bits per heavy atom. The fourth-order valence-corrected chi connectivity index (χ4v) is 2.48. The molecule has 1 heterocycles. The van der Waals surface area contributed by atoms with Crippen molar-refractivity contribution in [2.45, 2.75) is 44.8 Å². The first kappa shape index (κ1) is 13.6. The second-order valence-corrected chi connectivity index (χ2v) is 5.13. The third-order valence-electron chi connectivity index (χ3n) is 3.91. The summed E-state index contributed by atoms with van der Waals surface area (Å²) < 4.78 is 6.11. The zero-order valence-electron chi connectivity index (χ0n) is 11.4. The van der Waals surface area contributed by atoms with E-state index in [1.54, 1.807) is 0 Å². The van der Waals surface area contributed by atoms with Gasteiger partial charge in [0.05, 0.1) is 12.2 Å². The summed E-state index contributed by atoms with van der Waals surface area (Å²) in [5.41, 5.74) is 1.21. The molecule has 1 aromatic carbocycles. The summed E-state index contributed by atoms with van der Waals surface area (Å²) in [6.07, 6.45) is 1.28. The van der Waals surface area contributed by atoms with Crippen molar-refractivity contribution in [3.05, 3.63) is 35.9 Å². The molecule has 1 fully saturated rings. The molecule has 0 spiro atoms. The lowest BCUT2D eigenvalue weighted by molar-refractivity contribution is 0.175. The third-order valence-corrected chi connectivity index (χ3v) is 3.91. The number of nitrogens with zero attached hydrogens (tertiary/aromatic N) is 1. The molecule has 1 aliphatic rings. The summed E-state index contributed by atoms with van der Waals surface area (Å²) in [6.45, 7) is 4.17. The Hall–Kier alpha value is -0.835. The lowest BCUT2D eigenvalue weighted by Gasteiger charge is -2.20. The fraction of sp³-hybridized carbons (Fsp3) is 0.571. The minimum atomic E-state index is -0.279. The summed E-state index contributed by atoms with van der Waals surface area (Å²) >= 11 is 0. The number of benzene rings is 1. The maximum absolute atomic E-state index is 9.77. The minimum absolute atomic E-state index is 0.0140. The van der Waals surface area contributed by atoms with E-state index >= 15 is 0 Å². The maximum atomic E-state index is 9.77. The van der Waals surface area contributed by atoms with Crippen LogP contribution in [-0.2, 0) is 4.65 Å². The maximum Gasteiger partial charge on any atom is 0.385 e. The molecule has 4 heteroatoms. The van der Waals surface area contributed by atoms with Crippen LogP contribution < -0.4 is 0 Å². The minimum Gasteiger partial charge on any atom is -0.413 e. The quantitative estimate of drug-likeness (QED) is 0.829. The van der Waals surface area contributed by atoms with E-state index in [-0.39, 0.29) is 19.3 Å². The van der Waals surface area contributed by atoms with Crippen LogP contribution in [0.1, 0.15) is 31.9 Å². The molecule has 2 rings (SSSR count). The molecule has 0 amide bonds. The van der Waals surface area contributed by atoms with Gasteiger partial charge in [-0.05, 0) is 32.3 Å². The Bertz CT molecular complexity index is 373. The van der Waals surface area contributed by atoms with Gasteiger partial charge in [0.25, 0.3) is 0 Å². The summed E-state index contributed by atoms with van der Waals surface area (Å²) in [5.74, 6) is 0. The van der Waals surface area contributed by atoms with Crippen LogP contribution >= 0.6 is 0 Å². The molecule has 1 N–H and O–H groups in total. The molecular weight excluding hydrogens is 225 g/mol. The fourth-order valence-electron chi connectivity index (χ4n) is 2.48. The van der Waals surface area contributed by atoms with Crippen LogP contribution in [0, 0.1) is 0 Å². The van der Waals surface area contributed by atoms with Crippen molar-refractivity contribution in [1.82, 2.24) is 4.81 Å². The van der Waals surface area contributed by atoms with Gasteiger partial charge in [0.1, 0.15) is 0 Å². The second kappa shape index (κ2) is 5.87. The van der Waals surface area contributed by atoms with E-state index in [0.29, 0.717) is 12.4 Å². The molecule has 18 heavy (non-hydrogen) atoms. The summed E-state index contributed by atoms with van der Waals surface area (Å²) in [7, 11) is 2.08. The molecule has 0 aromatic heterocycles. The van der Waals surface area contributed by atoms with Gasteiger partial charge < -0.3 is 14.6 Å². The number of aliphatic hydroxyl groups excluding tert-OH is 1. The number of aliphatic hydroxyl groups is 1. The summed E-state index contributed by atoms with van der Waals surface area (Å²) in [5, 5.41) is 9.77. The van der Waals surface area contributed by atoms with Gasteiger partial charge in [0.15, 0.2) is 0 Å². The monoisotopic (exact) mass is 247 g/mol. The van der Waals surface area contributed by atoms with Gasteiger partial charge in [0, 0.05) is 6.04 Å². The van der Waals surface area contributed by atoms with Crippen LogP contribution in [-0.4, -0.2) is 36.2 Å². The molecule has 1 saturated heterocycles. The average Bonchev–Trinajstić information content (AvgIpc) is 2.68. The Kier molecular flexibility index (Phi) is 4.43. The van der Waals surface area contributed by atoms with Crippen LogP contribution in [0.3, 0.4) is 0 Å². The van der Waals surface area contributed by atoms with Crippen LogP contribution in [0.4, 0.5) is 0 Å². The predicted octanol–water partition coefficient (Wildman–Crippen LogP) is 2.34. The molecule has 0 aliphatic carbocycles. The van der Waals surface area contributed by atoms with E-state index in [9.17, 15) is 5.11 Å². The molecule has 3 atom stereocenters. The Morgan fingerprint density at radius 2 is 2.06 bits per heavy atom. The van der Waals surface area contributed by atoms with Crippen molar-refractivity contribution in [3.63, 3.8) is 0 Å². The van der Waals surface area contributed by atoms with Crippen molar-refractivity contribution in [2.75, 3.05) is 7.05 Å². The van der Waals surface area contributed by atoms with Crippen molar-refractivity contribution in [1.29, 1.82) is 0 Å². The topological polar surface area (TPSA) is 32.7 Å². The van der Waals surface area contributed by atoms with E-state index in [0.717, 1.165) is 6.42 Å². The Balaban J connectivity index is 2.07. The first-order valence-electron chi connectivity index (χ1n) is 6.74. The number of likely N-dealkylation sites (N-methyl/N-ethyl adjacent to an activating group) is 1. The van der Waals surface area contributed by atoms with Crippen molar-refractivity contribution in [2.24, 2.45) is 0 Å². The zero-order chi connectivity index (χ0) is 13.1. The standard InChI is InChI=1S/C14H22BNO2/c1-4-13(17)10-15-16(3)11(2)14(18-15)12-8-6-5-7-9-12/h5-9,11,13-14,17H,4,10H2,1-3H3. The van der Waals surface area contributed by atoms with Crippen molar-refractivity contribution >= 4 is 7.05 Å². The molecule has 98 valence electrons. The van der Waals surface area contributed by atoms with E-state index in [2.05, 4.69) is 30.9 Å². The van der Waals surface area contributed by atoms with Gasteiger partial charge in [-0.2, -0.15) is 0 Å². The molecule has 3 unspecified atom stereocenters. The highest BCUT2D eigenvalue weighted by molar-refractivity contribution is 6.49. The van der Waals surface area contributed by atoms with Crippen LogP contribution in [0.2, 0.25) is 6.32 Å². The van der Waals surface area contributed by atoms with Gasteiger partial charge in [-0.25, -0.2) is 0 Å². The number of rotatable bonds is 4. The highest BCUT2D eigenvalue weighted by atomic mass is 16.5. The zero-order valence-corrected chi connectivity index (χ0v) is 11.4. The predicted molar refractivity (Wildman–Crippen MR) is 74.4 cm³/mol. The third kappa shape index (κ3) is 2.77. The van der Waals surface area contributed by atoms with Crippen molar-refractivity contribution < 1.29 is 9.76 Å².